The van der Waals surface area contributed by atoms with Crippen LogP contribution in [0.2, 0.25) is 0 Å². The fourth-order valence-electron chi connectivity index (χ4n) is 7.27. The first kappa shape index (κ1) is 26.9. The van der Waals surface area contributed by atoms with Crippen LogP contribution in [0.3, 0.4) is 0 Å². The van der Waals surface area contributed by atoms with Gasteiger partial charge in [-0.15, -0.1) is 0 Å². The molecule has 3 aromatic rings. The van der Waals surface area contributed by atoms with Crippen molar-refractivity contribution in [2.45, 2.75) is 93.9 Å². The van der Waals surface area contributed by atoms with Gasteiger partial charge in [-0.25, -0.2) is 9.97 Å². The van der Waals surface area contributed by atoms with Crippen LogP contribution in [0.5, 0.6) is 0 Å². The molecule has 4 heteroatoms. The summed E-state index contributed by atoms with van der Waals surface area (Å²) >= 11 is 0. The Labute approximate surface area is 249 Å². The van der Waals surface area contributed by atoms with E-state index in [0.29, 0.717) is 0 Å². The maximum atomic E-state index is 5.26. The highest BCUT2D eigenvalue weighted by atomic mass is 14.8. The first-order chi connectivity index (χ1) is 20.1. The fourth-order valence-corrected chi connectivity index (χ4v) is 7.27. The predicted octanol–water partition coefficient (Wildman–Crippen LogP) is 9.55. The zero-order valence-corrected chi connectivity index (χ0v) is 26.4. The van der Waals surface area contributed by atoms with Crippen LogP contribution in [-0.2, 0) is 25.7 Å². The van der Waals surface area contributed by atoms with Gasteiger partial charge in [0.05, 0.1) is 22.8 Å². The van der Waals surface area contributed by atoms with Crippen molar-refractivity contribution in [2.24, 2.45) is 0 Å². The van der Waals surface area contributed by atoms with E-state index in [1.807, 2.05) is 0 Å². The van der Waals surface area contributed by atoms with E-state index in [9.17, 15) is 0 Å². The average molecular weight is 555 g/mol. The van der Waals surface area contributed by atoms with Crippen molar-refractivity contribution in [1.29, 1.82) is 0 Å². The monoisotopic (exact) mass is 554 g/mol. The summed E-state index contributed by atoms with van der Waals surface area (Å²) in [6, 6.07) is 9.39. The van der Waals surface area contributed by atoms with Crippen LogP contribution in [0.15, 0.2) is 24.3 Å². The van der Waals surface area contributed by atoms with E-state index in [-0.39, 0.29) is 0 Å². The van der Waals surface area contributed by atoms with Crippen molar-refractivity contribution in [2.75, 3.05) is 0 Å². The Kier molecular flexibility index (Phi) is 6.31. The van der Waals surface area contributed by atoms with Gasteiger partial charge in [-0.2, -0.15) is 0 Å². The van der Waals surface area contributed by atoms with Crippen molar-refractivity contribution >= 4 is 44.4 Å². The van der Waals surface area contributed by atoms with E-state index in [1.54, 1.807) is 0 Å². The number of nitrogens with one attached hydrogen (secondary N) is 2. The van der Waals surface area contributed by atoms with Gasteiger partial charge < -0.3 is 9.97 Å². The summed E-state index contributed by atoms with van der Waals surface area (Å²) in [5.41, 5.74) is 25.2. The van der Waals surface area contributed by atoms with E-state index in [2.05, 4.69) is 89.6 Å². The molecule has 214 valence electrons. The lowest BCUT2D eigenvalue weighted by Crippen LogP contribution is -2.01. The number of allylic oxidation sites excluding steroid dienone is 4. The van der Waals surface area contributed by atoms with Crippen LogP contribution in [0.1, 0.15) is 108 Å². The Bertz CT molecular complexity index is 1870. The number of hydrogen-bond acceptors (Lipinski definition) is 2. The number of H-pyrrole nitrogens is 2. The summed E-state index contributed by atoms with van der Waals surface area (Å²) in [5.74, 6) is 0. The molecule has 0 unspecified atom stereocenters. The Morgan fingerprint density at radius 3 is 1.29 bits per heavy atom. The number of aryl methyl sites for hydroxylation is 8. The van der Waals surface area contributed by atoms with Crippen LogP contribution in [-0.4, -0.2) is 19.9 Å². The smallest absolute Gasteiger partial charge is 0.0701 e. The molecule has 2 N–H and O–H groups in total. The molecule has 2 aliphatic carbocycles. The number of rotatable bonds is 0. The Morgan fingerprint density at radius 1 is 0.452 bits per heavy atom. The van der Waals surface area contributed by atoms with Crippen molar-refractivity contribution in [3.63, 3.8) is 0 Å². The number of aromatic amines is 2. The highest BCUT2D eigenvalue weighted by Gasteiger charge is 2.22. The standard InChI is InChI=1S/C38H42N4/c1-19-23(5)35-27-11-9-12-28(15-27)37-25(7)21(3)33(41-37)18-34-22(4)26(8)38(42-34)30-14-10-13-29(16-30)36-24(6)20(2)32(40-36)17-31(19)39-35/h15-18,39-40H,9-14H2,1-8H3. The first-order valence-electron chi connectivity index (χ1n) is 15.6. The van der Waals surface area contributed by atoms with Crippen molar-refractivity contribution in [3.05, 3.63) is 91.5 Å². The van der Waals surface area contributed by atoms with Gasteiger partial charge in [-0.3, -0.25) is 0 Å². The van der Waals surface area contributed by atoms with Crippen LogP contribution in [0, 0.1) is 27.7 Å². The minimum absolute atomic E-state index is 1.05. The van der Waals surface area contributed by atoms with Crippen LogP contribution in [0.25, 0.3) is 44.4 Å². The Balaban J connectivity index is 1.65. The summed E-state index contributed by atoms with van der Waals surface area (Å²) in [4.78, 5) is 18.2. The van der Waals surface area contributed by atoms with Gasteiger partial charge in [-0.05, 0) is 173 Å². The second-order valence-electron chi connectivity index (χ2n) is 12.9. The highest BCUT2D eigenvalue weighted by molar-refractivity contribution is 5.94. The quantitative estimate of drug-likeness (QED) is 0.291. The summed E-state index contributed by atoms with van der Waals surface area (Å²) in [6.07, 6.45) is 6.56. The number of aromatic nitrogens is 4. The molecule has 0 aromatic carbocycles. The largest absolute Gasteiger partial charge is 0.355 e. The van der Waals surface area contributed by atoms with Gasteiger partial charge in [0.1, 0.15) is 0 Å². The number of fused-ring (bicyclic) bond motifs is 16. The topological polar surface area (TPSA) is 57.4 Å². The molecule has 42 heavy (non-hydrogen) atoms. The number of hydrogen-bond donors (Lipinski definition) is 2. The van der Waals surface area contributed by atoms with Gasteiger partial charge in [-0.1, -0.05) is 12.1 Å². The molecule has 0 atom stereocenters. The van der Waals surface area contributed by atoms with Crippen molar-refractivity contribution in [1.82, 2.24) is 19.9 Å². The fraction of sp³-hybridized carbons (Fsp3) is 0.368. The van der Waals surface area contributed by atoms with Crippen molar-refractivity contribution in [3.8, 4) is 0 Å². The summed E-state index contributed by atoms with van der Waals surface area (Å²) < 4.78 is 0. The molecule has 3 aromatic heterocycles. The zero-order valence-electron chi connectivity index (χ0n) is 26.4. The van der Waals surface area contributed by atoms with E-state index in [1.165, 1.54) is 88.9 Å². The molecule has 0 saturated heterocycles. The van der Waals surface area contributed by atoms with Gasteiger partial charge in [0.25, 0.3) is 0 Å². The second kappa shape index (κ2) is 9.83. The molecule has 4 aliphatic rings. The van der Waals surface area contributed by atoms with E-state index < -0.39 is 0 Å². The number of nitrogens with zero attached hydrogens (tertiary/aromatic N) is 2. The Morgan fingerprint density at radius 2 is 0.857 bits per heavy atom. The van der Waals surface area contributed by atoms with E-state index in [0.717, 1.165) is 61.3 Å². The zero-order chi connectivity index (χ0) is 29.4. The Hall–Kier alpha value is -3.92. The summed E-state index contributed by atoms with van der Waals surface area (Å²) in [5, 5.41) is 0. The average Bonchev–Trinajstić information content (AvgIpc) is 3.64. The normalized spacial score (nSPS) is 15.8. The third-order valence-corrected chi connectivity index (χ3v) is 10.6. The minimum Gasteiger partial charge on any atom is -0.355 e. The molecule has 0 radical (unpaired) electrons. The lowest BCUT2D eigenvalue weighted by molar-refractivity contribution is 0.791. The van der Waals surface area contributed by atoms with Crippen LogP contribution >= 0.6 is 0 Å². The molecule has 7 rings (SSSR count). The molecule has 5 heterocycles. The molecular weight excluding hydrogens is 512 g/mol. The molecule has 0 fully saturated rings. The molecular formula is C38H42N4. The van der Waals surface area contributed by atoms with Gasteiger partial charge in [0.2, 0.25) is 0 Å². The van der Waals surface area contributed by atoms with Gasteiger partial charge in [0, 0.05) is 22.1 Å². The maximum Gasteiger partial charge on any atom is 0.0701 e. The molecule has 0 amide bonds. The summed E-state index contributed by atoms with van der Waals surface area (Å²) in [6.45, 7) is 17.9. The lowest BCUT2D eigenvalue weighted by atomic mass is 9.93. The maximum absolute atomic E-state index is 5.26. The van der Waals surface area contributed by atoms with E-state index in [4.69, 9.17) is 9.97 Å². The van der Waals surface area contributed by atoms with Gasteiger partial charge in [0.15, 0.2) is 0 Å². The molecule has 4 nitrogen and oxygen atoms in total. The molecule has 12 bridgehead atoms. The molecule has 0 spiro atoms. The molecule has 0 saturated carbocycles. The van der Waals surface area contributed by atoms with E-state index >= 15 is 0 Å². The van der Waals surface area contributed by atoms with Gasteiger partial charge >= 0.3 is 0 Å². The highest BCUT2D eigenvalue weighted by Crippen LogP contribution is 2.37. The predicted molar refractivity (Wildman–Crippen MR) is 178 cm³/mol. The third-order valence-electron chi connectivity index (χ3n) is 10.6. The second-order valence-corrected chi connectivity index (χ2v) is 12.9. The molecule has 2 aliphatic heterocycles. The first-order valence-corrected chi connectivity index (χ1v) is 15.6. The third kappa shape index (κ3) is 4.10. The van der Waals surface area contributed by atoms with Crippen molar-refractivity contribution < 1.29 is 0 Å². The SMILES string of the molecule is CC1=C(C)c2nc1cc1nc(c3cc(c4[nH]c(cc5[nH]c(c6cc2CCC6)c(C)c5C)c(C)c4C)CCC3)C(C)=C1C. The minimum atomic E-state index is 1.05. The van der Waals surface area contributed by atoms with Crippen LogP contribution < -0.4 is 0 Å². The lowest BCUT2D eigenvalue weighted by Gasteiger charge is -2.12. The van der Waals surface area contributed by atoms with Crippen LogP contribution in [0.4, 0.5) is 0 Å². The summed E-state index contributed by atoms with van der Waals surface area (Å²) in [7, 11) is 0.